The van der Waals surface area contributed by atoms with Gasteiger partial charge in [-0.25, -0.2) is 9.98 Å². The maximum absolute atomic E-state index is 5.69. The molecule has 0 aliphatic carbocycles. The molecular formula is C20H29N5O2. The third kappa shape index (κ3) is 5.47. The predicted molar refractivity (Wildman–Crippen MR) is 106 cm³/mol. The highest BCUT2D eigenvalue weighted by Crippen LogP contribution is 2.24. The van der Waals surface area contributed by atoms with Crippen molar-refractivity contribution in [2.24, 2.45) is 4.99 Å². The molecule has 1 atom stereocenters. The summed E-state index contributed by atoms with van der Waals surface area (Å²) < 4.78 is 10.9. The Hall–Kier alpha value is -2.54. The van der Waals surface area contributed by atoms with Crippen LogP contribution in [0.25, 0.3) is 0 Å². The Morgan fingerprint density at radius 2 is 2.19 bits per heavy atom. The molecule has 146 valence electrons. The zero-order chi connectivity index (χ0) is 18.9. The number of guanidine groups is 1. The van der Waals surface area contributed by atoms with E-state index in [1.807, 2.05) is 18.2 Å². The van der Waals surface area contributed by atoms with Crippen molar-refractivity contribution >= 4 is 5.96 Å². The van der Waals surface area contributed by atoms with E-state index in [0.717, 1.165) is 43.5 Å². The van der Waals surface area contributed by atoms with Crippen molar-refractivity contribution in [2.75, 3.05) is 33.3 Å². The van der Waals surface area contributed by atoms with Crippen molar-refractivity contribution in [3.05, 3.63) is 48.0 Å². The molecule has 0 bridgehead atoms. The Kier molecular flexibility index (Phi) is 7.10. The van der Waals surface area contributed by atoms with Gasteiger partial charge in [0.25, 0.3) is 0 Å². The van der Waals surface area contributed by atoms with E-state index in [1.54, 1.807) is 19.6 Å². The average Bonchev–Trinajstić information content (AvgIpc) is 3.41. The second-order valence-electron chi connectivity index (χ2n) is 6.56. The summed E-state index contributed by atoms with van der Waals surface area (Å²) in [6.07, 6.45) is 5.98. The van der Waals surface area contributed by atoms with Crippen LogP contribution in [0.15, 0.2) is 46.1 Å². The maximum Gasteiger partial charge on any atom is 0.213 e. The first kappa shape index (κ1) is 19.2. The van der Waals surface area contributed by atoms with Crippen molar-refractivity contribution in [1.29, 1.82) is 0 Å². The van der Waals surface area contributed by atoms with Crippen LogP contribution >= 0.6 is 0 Å². The smallest absolute Gasteiger partial charge is 0.213 e. The van der Waals surface area contributed by atoms with E-state index in [9.17, 15) is 0 Å². The summed E-state index contributed by atoms with van der Waals surface area (Å²) in [5.74, 6) is 2.40. The normalized spacial score (nSPS) is 16.3. The average molecular weight is 371 g/mol. The molecule has 3 rings (SSSR count). The first-order chi connectivity index (χ1) is 13.3. The van der Waals surface area contributed by atoms with Gasteiger partial charge in [-0.2, -0.15) is 0 Å². The van der Waals surface area contributed by atoms with Gasteiger partial charge in [0.05, 0.1) is 26.0 Å². The lowest BCUT2D eigenvalue weighted by Crippen LogP contribution is -2.42. The number of nitrogens with one attached hydrogen (secondary N) is 2. The lowest BCUT2D eigenvalue weighted by atomic mass is 10.2. The number of nitrogens with zero attached hydrogens (tertiary/aromatic N) is 3. The molecule has 2 aromatic rings. The van der Waals surface area contributed by atoms with Crippen LogP contribution in [-0.4, -0.2) is 49.1 Å². The lowest BCUT2D eigenvalue weighted by Gasteiger charge is -2.26. The maximum atomic E-state index is 5.69. The Balaban J connectivity index is 1.65. The van der Waals surface area contributed by atoms with Crippen LogP contribution in [0.5, 0.6) is 5.88 Å². The van der Waals surface area contributed by atoms with E-state index < -0.39 is 0 Å². The van der Waals surface area contributed by atoms with Crippen LogP contribution in [0.3, 0.4) is 0 Å². The molecule has 0 amide bonds. The predicted octanol–water partition coefficient (Wildman–Crippen LogP) is 2.58. The molecule has 7 heteroatoms. The molecule has 2 aromatic heterocycles. The van der Waals surface area contributed by atoms with Gasteiger partial charge in [0.15, 0.2) is 5.96 Å². The van der Waals surface area contributed by atoms with Gasteiger partial charge < -0.3 is 19.8 Å². The fourth-order valence-electron chi connectivity index (χ4n) is 3.31. The Bertz CT molecular complexity index is 711. The largest absolute Gasteiger partial charge is 0.481 e. The molecule has 0 saturated carbocycles. The highest BCUT2D eigenvalue weighted by molar-refractivity contribution is 5.79. The van der Waals surface area contributed by atoms with Gasteiger partial charge in [-0.1, -0.05) is 0 Å². The SMILES string of the molecule is CCNC(=NCc1ccnc(OC)c1)NCC(c1ccco1)N1CCCC1. The zero-order valence-electron chi connectivity index (χ0n) is 16.1. The van der Waals surface area contributed by atoms with Crippen LogP contribution in [0, 0.1) is 0 Å². The molecule has 1 unspecified atom stereocenters. The molecule has 1 saturated heterocycles. The molecule has 7 nitrogen and oxygen atoms in total. The molecule has 27 heavy (non-hydrogen) atoms. The molecule has 1 aliphatic rings. The molecule has 0 spiro atoms. The number of aromatic nitrogens is 1. The summed E-state index contributed by atoms with van der Waals surface area (Å²) in [4.78, 5) is 11.3. The van der Waals surface area contributed by atoms with E-state index >= 15 is 0 Å². The van der Waals surface area contributed by atoms with Crippen molar-refractivity contribution < 1.29 is 9.15 Å². The third-order valence-electron chi connectivity index (χ3n) is 4.69. The first-order valence-electron chi connectivity index (χ1n) is 9.58. The highest BCUT2D eigenvalue weighted by atomic mass is 16.5. The van der Waals surface area contributed by atoms with E-state index in [1.165, 1.54) is 12.8 Å². The van der Waals surface area contributed by atoms with Crippen LogP contribution in [0.2, 0.25) is 0 Å². The summed E-state index contributed by atoms with van der Waals surface area (Å²) in [5.41, 5.74) is 1.06. The third-order valence-corrected chi connectivity index (χ3v) is 4.69. The van der Waals surface area contributed by atoms with Gasteiger partial charge in [-0.05, 0) is 56.6 Å². The minimum atomic E-state index is 0.215. The number of rotatable bonds is 8. The minimum Gasteiger partial charge on any atom is -0.481 e. The van der Waals surface area contributed by atoms with Gasteiger partial charge in [-0.15, -0.1) is 0 Å². The van der Waals surface area contributed by atoms with E-state index in [4.69, 9.17) is 14.1 Å². The van der Waals surface area contributed by atoms with Crippen molar-refractivity contribution in [1.82, 2.24) is 20.5 Å². The lowest BCUT2D eigenvalue weighted by molar-refractivity contribution is 0.215. The number of pyridine rings is 1. The summed E-state index contributed by atoms with van der Waals surface area (Å²) in [5, 5.41) is 6.79. The van der Waals surface area contributed by atoms with Crippen LogP contribution in [0.1, 0.15) is 37.1 Å². The van der Waals surface area contributed by atoms with Gasteiger partial charge in [0, 0.05) is 25.4 Å². The Morgan fingerprint density at radius 3 is 2.89 bits per heavy atom. The minimum absolute atomic E-state index is 0.215. The van der Waals surface area contributed by atoms with Crippen LogP contribution < -0.4 is 15.4 Å². The van der Waals surface area contributed by atoms with E-state index in [-0.39, 0.29) is 6.04 Å². The van der Waals surface area contributed by atoms with Gasteiger partial charge >= 0.3 is 0 Å². The summed E-state index contributed by atoms with van der Waals surface area (Å²) >= 11 is 0. The van der Waals surface area contributed by atoms with E-state index in [2.05, 4.69) is 33.5 Å². The Morgan fingerprint density at radius 1 is 1.33 bits per heavy atom. The second kappa shape index (κ2) is 9.97. The molecule has 0 radical (unpaired) electrons. The van der Waals surface area contributed by atoms with Gasteiger partial charge in [0.2, 0.25) is 5.88 Å². The number of furan rings is 1. The van der Waals surface area contributed by atoms with E-state index in [0.29, 0.717) is 12.4 Å². The van der Waals surface area contributed by atoms with Crippen molar-refractivity contribution in [3.63, 3.8) is 0 Å². The summed E-state index contributed by atoms with van der Waals surface area (Å²) in [7, 11) is 1.62. The molecule has 2 N–H and O–H groups in total. The van der Waals surface area contributed by atoms with Crippen molar-refractivity contribution in [3.8, 4) is 5.88 Å². The van der Waals surface area contributed by atoms with Gasteiger partial charge in [-0.3, -0.25) is 4.90 Å². The fraction of sp³-hybridized carbons (Fsp3) is 0.500. The molecule has 0 aromatic carbocycles. The molecule has 1 fully saturated rings. The number of aliphatic imine (C=N–C) groups is 1. The summed E-state index contributed by atoms with van der Waals surface area (Å²) in [6.45, 7) is 6.40. The second-order valence-corrected chi connectivity index (χ2v) is 6.56. The summed E-state index contributed by atoms with van der Waals surface area (Å²) in [6, 6.07) is 8.08. The number of hydrogen-bond donors (Lipinski definition) is 2. The number of methoxy groups -OCH3 is 1. The molecule has 1 aliphatic heterocycles. The highest BCUT2D eigenvalue weighted by Gasteiger charge is 2.25. The van der Waals surface area contributed by atoms with Crippen LogP contribution in [-0.2, 0) is 6.54 Å². The topological polar surface area (TPSA) is 74.9 Å². The fourth-order valence-corrected chi connectivity index (χ4v) is 3.31. The number of ether oxygens (including phenoxy) is 1. The number of hydrogen-bond acceptors (Lipinski definition) is 5. The quantitative estimate of drug-likeness (QED) is 0.549. The monoisotopic (exact) mass is 371 g/mol. The first-order valence-corrected chi connectivity index (χ1v) is 9.58. The molecular weight excluding hydrogens is 342 g/mol. The van der Waals surface area contributed by atoms with Crippen LogP contribution in [0.4, 0.5) is 0 Å². The Labute approximate surface area is 160 Å². The van der Waals surface area contributed by atoms with Gasteiger partial charge in [0.1, 0.15) is 5.76 Å². The molecule has 3 heterocycles. The standard InChI is InChI=1S/C20H29N5O2/c1-3-21-20(23-14-16-8-9-22-19(13-16)26-2)24-15-17(18-7-6-12-27-18)25-10-4-5-11-25/h6-9,12-13,17H,3-5,10-11,14-15H2,1-2H3,(H2,21,23,24). The van der Waals surface area contributed by atoms with Crippen molar-refractivity contribution in [2.45, 2.75) is 32.4 Å². The number of likely N-dealkylation sites (tertiary alicyclic amines) is 1. The zero-order valence-corrected chi connectivity index (χ0v) is 16.1.